The Balaban J connectivity index is 2.38. The molecule has 26 heavy (non-hydrogen) atoms. The number of carbonyl (C=O) groups is 1. The third kappa shape index (κ3) is 3.98. The minimum Gasteiger partial charge on any atom is -0.465 e. The Morgan fingerprint density at radius 1 is 1.12 bits per heavy atom. The lowest BCUT2D eigenvalue weighted by Gasteiger charge is -2.12. The van der Waals surface area contributed by atoms with Gasteiger partial charge in [0.2, 0.25) is 15.8 Å². The second kappa shape index (κ2) is 7.50. The van der Waals surface area contributed by atoms with Crippen molar-refractivity contribution >= 4 is 21.7 Å². The van der Waals surface area contributed by atoms with E-state index < -0.39 is 26.6 Å². The molecule has 0 aliphatic carbocycles. The van der Waals surface area contributed by atoms with E-state index in [2.05, 4.69) is 4.74 Å². The highest BCUT2D eigenvalue weighted by Crippen LogP contribution is 2.34. The molecule has 0 atom stereocenters. The van der Waals surface area contributed by atoms with Gasteiger partial charge in [-0.15, -0.1) is 0 Å². The largest absolute Gasteiger partial charge is 0.465 e. The highest BCUT2D eigenvalue weighted by molar-refractivity contribution is 7.89. The summed E-state index contributed by atoms with van der Waals surface area (Å²) in [5, 5.41) is 11.3. The summed E-state index contributed by atoms with van der Waals surface area (Å²) < 4.78 is 35.3. The standard InChI is InChI=1S/C16H16N2O7S/c1-17(2)26(22,23)13-8-9-15(14(10-13)18(20)21)25-12-6-4-11(5-7-12)16(19)24-3/h4-10H,1-3H3. The number of methoxy groups -OCH3 is 1. The first kappa shape index (κ1) is 19.3. The Bertz CT molecular complexity index is 938. The second-order valence-corrected chi connectivity index (χ2v) is 7.44. The molecule has 0 saturated heterocycles. The fraction of sp³-hybridized carbons (Fsp3) is 0.188. The van der Waals surface area contributed by atoms with Crippen LogP contribution < -0.4 is 4.74 Å². The second-order valence-electron chi connectivity index (χ2n) is 5.29. The van der Waals surface area contributed by atoms with Crippen molar-refractivity contribution in [2.24, 2.45) is 0 Å². The molecular formula is C16H16N2O7S. The monoisotopic (exact) mass is 380 g/mol. The van der Waals surface area contributed by atoms with Crippen molar-refractivity contribution in [3.63, 3.8) is 0 Å². The fourth-order valence-electron chi connectivity index (χ4n) is 2.00. The summed E-state index contributed by atoms with van der Waals surface area (Å²) in [6.07, 6.45) is 0. The van der Waals surface area contributed by atoms with Crippen molar-refractivity contribution in [3.8, 4) is 11.5 Å². The van der Waals surface area contributed by atoms with Crippen LogP contribution in [0, 0.1) is 10.1 Å². The molecular weight excluding hydrogens is 364 g/mol. The zero-order chi connectivity index (χ0) is 19.5. The third-order valence-corrected chi connectivity index (χ3v) is 5.22. The maximum atomic E-state index is 12.1. The van der Waals surface area contributed by atoms with Crippen LogP contribution in [-0.2, 0) is 14.8 Å². The predicted octanol–water partition coefficient (Wildman–Crippen LogP) is 2.42. The lowest BCUT2D eigenvalue weighted by atomic mass is 10.2. The zero-order valence-corrected chi connectivity index (χ0v) is 15.0. The van der Waals surface area contributed by atoms with Gasteiger partial charge in [-0.3, -0.25) is 10.1 Å². The lowest BCUT2D eigenvalue weighted by molar-refractivity contribution is -0.385. The minimum atomic E-state index is -3.82. The molecule has 0 fully saturated rings. The van der Waals surface area contributed by atoms with Crippen LogP contribution in [0.2, 0.25) is 0 Å². The SMILES string of the molecule is COC(=O)c1ccc(Oc2ccc(S(=O)(=O)N(C)C)cc2[N+](=O)[O-])cc1. The molecule has 9 nitrogen and oxygen atoms in total. The molecule has 0 radical (unpaired) electrons. The summed E-state index contributed by atoms with van der Waals surface area (Å²) in [5.41, 5.74) is -0.202. The highest BCUT2D eigenvalue weighted by atomic mass is 32.2. The quantitative estimate of drug-likeness (QED) is 0.429. The number of rotatable bonds is 6. The number of nitro groups is 1. The van der Waals surface area contributed by atoms with Crippen molar-refractivity contribution in [2.45, 2.75) is 4.90 Å². The molecule has 0 aromatic heterocycles. The number of carbonyl (C=O) groups excluding carboxylic acids is 1. The van der Waals surface area contributed by atoms with Gasteiger partial charge in [-0.1, -0.05) is 0 Å². The van der Waals surface area contributed by atoms with Gasteiger partial charge in [0.25, 0.3) is 0 Å². The van der Waals surface area contributed by atoms with Crippen molar-refractivity contribution < 1.29 is 27.6 Å². The molecule has 138 valence electrons. The Morgan fingerprint density at radius 2 is 1.73 bits per heavy atom. The summed E-state index contributed by atoms with van der Waals surface area (Å²) >= 11 is 0. The van der Waals surface area contributed by atoms with Gasteiger partial charge in [-0.2, -0.15) is 0 Å². The molecule has 2 rings (SSSR count). The normalized spacial score (nSPS) is 11.2. The first-order valence-corrected chi connectivity index (χ1v) is 8.68. The summed E-state index contributed by atoms with van der Waals surface area (Å²) in [4.78, 5) is 21.7. The van der Waals surface area contributed by atoms with Crippen LogP contribution in [0.15, 0.2) is 47.4 Å². The molecule has 0 saturated carbocycles. The number of hydrogen-bond donors (Lipinski definition) is 0. The molecule has 0 aliphatic rings. The number of sulfonamides is 1. The van der Waals surface area contributed by atoms with Gasteiger partial charge in [0.05, 0.1) is 22.5 Å². The van der Waals surface area contributed by atoms with Crippen LogP contribution in [0.1, 0.15) is 10.4 Å². The van der Waals surface area contributed by atoms with Crippen LogP contribution in [0.25, 0.3) is 0 Å². The third-order valence-electron chi connectivity index (χ3n) is 3.41. The number of nitro benzene ring substituents is 1. The summed E-state index contributed by atoms with van der Waals surface area (Å²) in [6.45, 7) is 0. The van der Waals surface area contributed by atoms with Gasteiger partial charge in [-0.25, -0.2) is 17.5 Å². The summed E-state index contributed by atoms with van der Waals surface area (Å²) in [5.74, 6) is -0.414. The van der Waals surface area contributed by atoms with Gasteiger partial charge < -0.3 is 9.47 Å². The molecule has 0 aliphatic heterocycles. The molecule has 2 aromatic carbocycles. The Labute approximate surface area is 150 Å². The average molecular weight is 380 g/mol. The van der Waals surface area contributed by atoms with E-state index in [1.165, 1.54) is 57.6 Å². The average Bonchev–Trinajstić information content (AvgIpc) is 2.61. The predicted molar refractivity (Wildman–Crippen MR) is 91.8 cm³/mol. The number of nitrogens with zero attached hydrogens (tertiary/aromatic N) is 2. The molecule has 0 bridgehead atoms. The van der Waals surface area contributed by atoms with Gasteiger partial charge in [0.1, 0.15) is 5.75 Å². The van der Waals surface area contributed by atoms with Gasteiger partial charge in [-0.05, 0) is 36.4 Å². The molecule has 0 spiro atoms. The van der Waals surface area contributed by atoms with Crippen molar-refractivity contribution in [1.29, 1.82) is 0 Å². The molecule has 0 N–H and O–H groups in total. The maximum absolute atomic E-state index is 12.1. The van der Waals surface area contributed by atoms with E-state index in [1.54, 1.807) is 0 Å². The number of esters is 1. The molecule has 0 amide bonds. The molecule has 0 heterocycles. The molecule has 10 heteroatoms. The van der Waals surface area contributed by atoms with E-state index in [0.717, 1.165) is 10.4 Å². The summed E-state index contributed by atoms with van der Waals surface area (Å²) in [6, 6.07) is 9.15. The number of ether oxygens (including phenoxy) is 2. The first-order valence-electron chi connectivity index (χ1n) is 7.24. The van der Waals surface area contributed by atoms with Gasteiger partial charge in [0, 0.05) is 20.2 Å². The minimum absolute atomic E-state index is 0.126. The van der Waals surface area contributed by atoms with Crippen LogP contribution in [0.3, 0.4) is 0 Å². The van der Waals surface area contributed by atoms with Crippen LogP contribution in [0.4, 0.5) is 5.69 Å². The van der Waals surface area contributed by atoms with Gasteiger partial charge in [0.15, 0.2) is 0 Å². The molecule has 0 unspecified atom stereocenters. The van der Waals surface area contributed by atoms with E-state index in [-0.39, 0.29) is 16.4 Å². The lowest BCUT2D eigenvalue weighted by Crippen LogP contribution is -2.22. The summed E-state index contributed by atoms with van der Waals surface area (Å²) in [7, 11) is 0.0864. The van der Waals surface area contributed by atoms with E-state index in [1.807, 2.05) is 0 Å². The maximum Gasteiger partial charge on any atom is 0.337 e. The van der Waals surface area contributed by atoms with Crippen molar-refractivity contribution in [1.82, 2.24) is 4.31 Å². The fourth-order valence-corrected chi connectivity index (χ4v) is 2.92. The Kier molecular flexibility index (Phi) is 5.58. The Hall–Kier alpha value is -2.98. The van der Waals surface area contributed by atoms with E-state index in [9.17, 15) is 23.3 Å². The van der Waals surface area contributed by atoms with Crippen LogP contribution in [-0.4, -0.2) is 44.8 Å². The van der Waals surface area contributed by atoms with E-state index in [0.29, 0.717) is 5.56 Å². The van der Waals surface area contributed by atoms with Crippen LogP contribution >= 0.6 is 0 Å². The highest BCUT2D eigenvalue weighted by Gasteiger charge is 2.24. The zero-order valence-electron chi connectivity index (χ0n) is 14.2. The van der Waals surface area contributed by atoms with Crippen molar-refractivity contribution in [2.75, 3.05) is 21.2 Å². The first-order chi connectivity index (χ1) is 12.2. The number of hydrogen-bond acceptors (Lipinski definition) is 7. The van der Waals surface area contributed by atoms with Crippen molar-refractivity contribution in [3.05, 3.63) is 58.1 Å². The van der Waals surface area contributed by atoms with E-state index >= 15 is 0 Å². The Morgan fingerprint density at radius 3 is 2.23 bits per heavy atom. The molecule has 2 aromatic rings. The smallest absolute Gasteiger partial charge is 0.337 e. The number of benzene rings is 2. The van der Waals surface area contributed by atoms with Crippen LogP contribution in [0.5, 0.6) is 11.5 Å². The topological polar surface area (TPSA) is 116 Å². The van der Waals surface area contributed by atoms with Gasteiger partial charge >= 0.3 is 11.7 Å². The van der Waals surface area contributed by atoms with E-state index in [4.69, 9.17) is 4.74 Å².